The molecule has 0 bridgehead atoms. The lowest BCUT2D eigenvalue weighted by atomic mass is 10.0. The van der Waals surface area contributed by atoms with E-state index in [4.69, 9.17) is 14.2 Å². The molecule has 0 N–H and O–H groups in total. The highest BCUT2D eigenvalue weighted by molar-refractivity contribution is 5.88. The third-order valence-corrected chi connectivity index (χ3v) is 3.74. The van der Waals surface area contributed by atoms with Crippen LogP contribution in [0, 0.1) is 0 Å². The van der Waals surface area contributed by atoms with E-state index in [0.717, 1.165) is 5.56 Å². The van der Waals surface area contributed by atoms with Gasteiger partial charge in [-0.2, -0.15) is 0 Å². The minimum absolute atomic E-state index is 0.422. The summed E-state index contributed by atoms with van der Waals surface area (Å²) in [6.07, 6.45) is 3.10. The van der Waals surface area contributed by atoms with Crippen LogP contribution in [0.25, 0.3) is 6.08 Å². The molecule has 2 aromatic rings. The number of hydrogen-bond acceptors (Lipinski definition) is 4. The molecule has 2 aromatic carbocycles. The Balaban J connectivity index is 2.03. The third-order valence-electron chi connectivity index (χ3n) is 3.74. The second-order valence-corrected chi connectivity index (χ2v) is 6.05. The summed E-state index contributed by atoms with van der Waals surface area (Å²) in [4.78, 5) is 12.0. The van der Waals surface area contributed by atoms with Crippen LogP contribution in [-0.2, 0) is 4.79 Å². The number of carbonyl (C=O) groups is 1. The van der Waals surface area contributed by atoms with E-state index < -0.39 is 5.97 Å². The molecule has 2 rings (SSSR count). The maximum atomic E-state index is 12.0. The standard InChI is InChI=1S/C22H26O4/c1-5-24-20-13-7-17(15-21(20)25-6-2)8-14-22(23)26-19-11-9-18(10-12-19)16(3)4/h7-16H,5-6H2,1-4H3/b14-8+. The molecule has 0 heterocycles. The molecule has 0 radical (unpaired) electrons. The number of carbonyl (C=O) groups excluding carboxylic acids is 1. The fraction of sp³-hybridized carbons (Fsp3) is 0.318. The van der Waals surface area contributed by atoms with Crippen molar-refractivity contribution < 1.29 is 19.0 Å². The summed E-state index contributed by atoms with van der Waals surface area (Å²) in [5.74, 6) is 1.91. The van der Waals surface area contributed by atoms with Crippen LogP contribution in [0.4, 0.5) is 0 Å². The largest absolute Gasteiger partial charge is 0.490 e. The Kier molecular flexibility index (Phi) is 7.27. The Morgan fingerprint density at radius 1 is 0.962 bits per heavy atom. The van der Waals surface area contributed by atoms with Gasteiger partial charge >= 0.3 is 5.97 Å². The van der Waals surface area contributed by atoms with Crippen LogP contribution in [0.5, 0.6) is 17.2 Å². The molecular weight excluding hydrogens is 328 g/mol. The van der Waals surface area contributed by atoms with Crippen molar-refractivity contribution >= 4 is 12.0 Å². The van der Waals surface area contributed by atoms with Crippen LogP contribution < -0.4 is 14.2 Å². The van der Waals surface area contributed by atoms with Gasteiger partial charge in [-0.1, -0.05) is 32.0 Å². The smallest absolute Gasteiger partial charge is 0.336 e. The molecule has 0 unspecified atom stereocenters. The quantitative estimate of drug-likeness (QED) is 0.370. The molecule has 0 amide bonds. The number of esters is 1. The van der Waals surface area contributed by atoms with E-state index in [1.807, 2.05) is 56.3 Å². The molecule has 0 aliphatic rings. The number of ether oxygens (including phenoxy) is 3. The highest BCUT2D eigenvalue weighted by atomic mass is 16.5. The monoisotopic (exact) mass is 354 g/mol. The van der Waals surface area contributed by atoms with Gasteiger partial charge in [0.1, 0.15) is 5.75 Å². The SMILES string of the molecule is CCOc1ccc(/C=C/C(=O)Oc2ccc(C(C)C)cc2)cc1OCC. The van der Waals surface area contributed by atoms with Gasteiger partial charge < -0.3 is 14.2 Å². The molecule has 26 heavy (non-hydrogen) atoms. The summed E-state index contributed by atoms with van der Waals surface area (Å²) in [5.41, 5.74) is 2.04. The Morgan fingerprint density at radius 2 is 1.62 bits per heavy atom. The zero-order valence-electron chi connectivity index (χ0n) is 15.8. The summed E-state index contributed by atoms with van der Waals surface area (Å²) in [6, 6.07) is 13.1. The fourth-order valence-electron chi connectivity index (χ4n) is 2.41. The van der Waals surface area contributed by atoms with Crippen molar-refractivity contribution in [1.29, 1.82) is 0 Å². The average molecular weight is 354 g/mol. The van der Waals surface area contributed by atoms with Gasteiger partial charge in [-0.3, -0.25) is 0 Å². The van der Waals surface area contributed by atoms with E-state index in [0.29, 0.717) is 36.4 Å². The third kappa shape index (κ3) is 5.66. The minimum Gasteiger partial charge on any atom is -0.490 e. The molecule has 0 spiro atoms. The van der Waals surface area contributed by atoms with Crippen LogP contribution in [0.15, 0.2) is 48.5 Å². The van der Waals surface area contributed by atoms with Crippen molar-refractivity contribution in [2.45, 2.75) is 33.6 Å². The lowest BCUT2D eigenvalue weighted by Crippen LogP contribution is -2.03. The predicted octanol–water partition coefficient (Wildman–Crippen LogP) is 5.23. The van der Waals surface area contributed by atoms with E-state index in [9.17, 15) is 4.79 Å². The van der Waals surface area contributed by atoms with Gasteiger partial charge in [-0.05, 0) is 61.2 Å². The molecular formula is C22H26O4. The number of benzene rings is 2. The molecule has 0 fully saturated rings. The van der Waals surface area contributed by atoms with Crippen LogP contribution >= 0.6 is 0 Å². The lowest BCUT2D eigenvalue weighted by molar-refractivity contribution is -0.128. The fourth-order valence-corrected chi connectivity index (χ4v) is 2.41. The van der Waals surface area contributed by atoms with E-state index in [1.54, 1.807) is 6.08 Å². The first-order chi connectivity index (χ1) is 12.5. The molecule has 0 saturated carbocycles. The van der Waals surface area contributed by atoms with E-state index in [2.05, 4.69) is 13.8 Å². The molecule has 0 aliphatic heterocycles. The Morgan fingerprint density at radius 3 is 2.23 bits per heavy atom. The van der Waals surface area contributed by atoms with E-state index in [-0.39, 0.29) is 0 Å². The second kappa shape index (κ2) is 9.66. The van der Waals surface area contributed by atoms with Gasteiger partial charge in [0.15, 0.2) is 11.5 Å². The van der Waals surface area contributed by atoms with Gasteiger partial charge in [0.05, 0.1) is 13.2 Å². The van der Waals surface area contributed by atoms with Gasteiger partial charge in [-0.15, -0.1) is 0 Å². The Labute approximate surface area is 155 Å². The average Bonchev–Trinajstić information content (AvgIpc) is 2.62. The second-order valence-electron chi connectivity index (χ2n) is 6.05. The summed E-state index contributed by atoms with van der Waals surface area (Å²) >= 11 is 0. The molecule has 0 saturated heterocycles. The molecule has 0 aromatic heterocycles. The number of hydrogen-bond donors (Lipinski definition) is 0. The molecule has 0 aliphatic carbocycles. The highest BCUT2D eigenvalue weighted by Gasteiger charge is 2.06. The summed E-state index contributed by atoms with van der Waals surface area (Å²) < 4.78 is 16.5. The highest BCUT2D eigenvalue weighted by Crippen LogP contribution is 2.29. The molecule has 4 nitrogen and oxygen atoms in total. The molecule has 0 atom stereocenters. The maximum absolute atomic E-state index is 12.0. The van der Waals surface area contributed by atoms with Gasteiger partial charge in [0, 0.05) is 6.08 Å². The van der Waals surface area contributed by atoms with Crippen LogP contribution in [0.2, 0.25) is 0 Å². The Hall–Kier alpha value is -2.75. The first kappa shape index (κ1) is 19.6. The van der Waals surface area contributed by atoms with Crippen LogP contribution in [0.1, 0.15) is 44.7 Å². The zero-order valence-corrected chi connectivity index (χ0v) is 15.8. The van der Waals surface area contributed by atoms with Gasteiger partial charge in [-0.25, -0.2) is 4.79 Å². The number of rotatable bonds is 8. The van der Waals surface area contributed by atoms with Gasteiger partial charge in [0.2, 0.25) is 0 Å². The van der Waals surface area contributed by atoms with Crippen molar-refractivity contribution in [3.8, 4) is 17.2 Å². The van der Waals surface area contributed by atoms with Crippen molar-refractivity contribution in [3.63, 3.8) is 0 Å². The zero-order chi connectivity index (χ0) is 18.9. The maximum Gasteiger partial charge on any atom is 0.336 e. The van der Waals surface area contributed by atoms with Crippen LogP contribution in [0.3, 0.4) is 0 Å². The summed E-state index contributed by atoms with van der Waals surface area (Å²) in [6.45, 7) is 9.19. The first-order valence-electron chi connectivity index (χ1n) is 8.93. The first-order valence-corrected chi connectivity index (χ1v) is 8.93. The summed E-state index contributed by atoms with van der Waals surface area (Å²) in [5, 5.41) is 0. The van der Waals surface area contributed by atoms with Crippen molar-refractivity contribution in [2.24, 2.45) is 0 Å². The van der Waals surface area contributed by atoms with Gasteiger partial charge in [0.25, 0.3) is 0 Å². The van der Waals surface area contributed by atoms with Crippen molar-refractivity contribution in [3.05, 3.63) is 59.7 Å². The minimum atomic E-state index is -0.422. The Bertz CT molecular complexity index is 745. The summed E-state index contributed by atoms with van der Waals surface area (Å²) in [7, 11) is 0. The van der Waals surface area contributed by atoms with Crippen LogP contribution in [-0.4, -0.2) is 19.2 Å². The lowest BCUT2D eigenvalue weighted by Gasteiger charge is -2.11. The topological polar surface area (TPSA) is 44.8 Å². The molecule has 4 heteroatoms. The van der Waals surface area contributed by atoms with E-state index >= 15 is 0 Å². The predicted molar refractivity (Wildman–Crippen MR) is 104 cm³/mol. The van der Waals surface area contributed by atoms with E-state index in [1.165, 1.54) is 11.6 Å². The normalized spacial score (nSPS) is 11.0. The molecule has 138 valence electrons. The van der Waals surface area contributed by atoms with Crippen molar-refractivity contribution in [2.75, 3.05) is 13.2 Å². The van der Waals surface area contributed by atoms with Crippen molar-refractivity contribution in [1.82, 2.24) is 0 Å².